The molecule has 1 aliphatic carbocycles. The van der Waals surface area contributed by atoms with Crippen LogP contribution in [0.2, 0.25) is 0 Å². The lowest BCUT2D eigenvalue weighted by molar-refractivity contribution is -0.0259. The van der Waals surface area contributed by atoms with Gasteiger partial charge in [-0.1, -0.05) is 13.8 Å². The molecule has 0 radical (unpaired) electrons. The first-order valence-corrected chi connectivity index (χ1v) is 5.58. The molecule has 2 unspecified atom stereocenters. The quantitative estimate of drug-likeness (QED) is 0.545. The van der Waals surface area contributed by atoms with Crippen molar-refractivity contribution in [1.29, 1.82) is 0 Å². The molecule has 0 aliphatic heterocycles. The van der Waals surface area contributed by atoms with Gasteiger partial charge in [0.2, 0.25) is 0 Å². The number of hydrogen-bond donors (Lipinski definition) is 1. The molecule has 0 saturated heterocycles. The number of nitrogens with one attached hydrogen (secondary N) is 1. The van der Waals surface area contributed by atoms with E-state index in [-0.39, 0.29) is 0 Å². The van der Waals surface area contributed by atoms with Crippen molar-refractivity contribution in [3.63, 3.8) is 0 Å². The first kappa shape index (κ1) is 12.0. The highest BCUT2D eigenvalue weighted by atomic mass is 16.7. The summed E-state index contributed by atoms with van der Waals surface area (Å²) in [7, 11) is 1.69. The van der Waals surface area contributed by atoms with E-state index in [2.05, 4.69) is 19.3 Å². The Morgan fingerprint density at radius 3 is 2.29 bits per heavy atom. The summed E-state index contributed by atoms with van der Waals surface area (Å²) in [5, 5.41) is 0. The van der Waals surface area contributed by atoms with Crippen LogP contribution in [0.4, 0.5) is 0 Å². The van der Waals surface area contributed by atoms with Crippen LogP contribution in [0.1, 0.15) is 33.1 Å². The van der Waals surface area contributed by atoms with Crippen LogP contribution in [0, 0.1) is 11.8 Å². The highest BCUT2D eigenvalue weighted by molar-refractivity contribution is 4.77. The van der Waals surface area contributed by atoms with Crippen LogP contribution >= 0.6 is 0 Å². The van der Waals surface area contributed by atoms with Crippen molar-refractivity contribution in [3.8, 4) is 0 Å². The molecule has 0 bridgehead atoms. The summed E-state index contributed by atoms with van der Waals surface area (Å²) >= 11 is 0. The maximum atomic E-state index is 5.34. The van der Waals surface area contributed by atoms with Crippen molar-refractivity contribution < 1.29 is 9.57 Å². The van der Waals surface area contributed by atoms with Gasteiger partial charge >= 0.3 is 0 Å². The summed E-state index contributed by atoms with van der Waals surface area (Å²) in [6, 6.07) is 0.533. The molecular weight excluding hydrogens is 178 g/mol. The average molecular weight is 201 g/mol. The Morgan fingerprint density at radius 1 is 1.07 bits per heavy atom. The van der Waals surface area contributed by atoms with E-state index in [0.717, 1.165) is 11.8 Å². The minimum Gasteiger partial charge on any atom is -0.382 e. The highest BCUT2D eigenvalue weighted by Crippen LogP contribution is 2.28. The van der Waals surface area contributed by atoms with E-state index in [1.807, 2.05) is 0 Å². The summed E-state index contributed by atoms with van der Waals surface area (Å²) in [5.74, 6) is 1.64. The molecule has 1 rings (SSSR count). The fraction of sp³-hybridized carbons (Fsp3) is 1.00. The molecule has 0 aromatic rings. The topological polar surface area (TPSA) is 30.5 Å². The minimum absolute atomic E-state index is 0.533. The standard InChI is InChI=1S/C11H23NO2/c1-9-6-10(2)8-11(7-9)12-14-5-4-13-3/h9-12H,4-8H2,1-3H3. The van der Waals surface area contributed by atoms with Gasteiger partial charge in [0.1, 0.15) is 0 Å². The number of hydrogen-bond acceptors (Lipinski definition) is 3. The van der Waals surface area contributed by atoms with Crippen LogP contribution in [-0.4, -0.2) is 26.4 Å². The van der Waals surface area contributed by atoms with Crippen molar-refractivity contribution >= 4 is 0 Å². The Labute approximate surface area is 87.1 Å². The molecular formula is C11H23NO2. The molecule has 1 saturated carbocycles. The summed E-state index contributed by atoms with van der Waals surface area (Å²) in [6.45, 7) is 5.93. The molecule has 0 spiro atoms. The lowest BCUT2D eigenvalue weighted by atomic mass is 9.81. The normalized spacial score (nSPS) is 33.2. The molecule has 1 aliphatic rings. The van der Waals surface area contributed by atoms with Crippen molar-refractivity contribution in [3.05, 3.63) is 0 Å². The Bertz CT molecular complexity index is 142. The van der Waals surface area contributed by atoms with Crippen LogP contribution < -0.4 is 5.48 Å². The minimum atomic E-state index is 0.533. The molecule has 0 aromatic heterocycles. The van der Waals surface area contributed by atoms with E-state index in [1.54, 1.807) is 7.11 Å². The lowest BCUT2D eigenvalue weighted by Crippen LogP contribution is -2.36. The summed E-state index contributed by atoms with van der Waals surface area (Å²) < 4.78 is 4.91. The Kier molecular flexibility index (Phi) is 5.45. The van der Waals surface area contributed by atoms with Crippen LogP contribution in [-0.2, 0) is 9.57 Å². The van der Waals surface area contributed by atoms with Gasteiger partial charge in [0, 0.05) is 13.2 Å². The number of rotatable bonds is 5. The molecule has 3 heteroatoms. The van der Waals surface area contributed by atoms with Gasteiger partial charge in [-0.05, 0) is 31.1 Å². The maximum Gasteiger partial charge on any atom is 0.0915 e. The molecule has 0 heterocycles. The van der Waals surface area contributed by atoms with Gasteiger partial charge in [-0.3, -0.25) is 4.84 Å². The zero-order valence-electron chi connectivity index (χ0n) is 9.58. The van der Waals surface area contributed by atoms with E-state index in [1.165, 1.54) is 19.3 Å². The SMILES string of the molecule is COCCONC1CC(C)CC(C)C1. The van der Waals surface area contributed by atoms with Gasteiger partial charge in [-0.25, -0.2) is 0 Å². The molecule has 14 heavy (non-hydrogen) atoms. The zero-order valence-corrected chi connectivity index (χ0v) is 9.58. The molecule has 84 valence electrons. The van der Waals surface area contributed by atoms with Gasteiger partial charge in [0.25, 0.3) is 0 Å². The first-order chi connectivity index (χ1) is 6.72. The van der Waals surface area contributed by atoms with Crippen LogP contribution in [0.15, 0.2) is 0 Å². The second kappa shape index (κ2) is 6.38. The Balaban J connectivity index is 2.10. The van der Waals surface area contributed by atoms with E-state index >= 15 is 0 Å². The van der Waals surface area contributed by atoms with Crippen molar-refractivity contribution in [2.75, 3.05) is 20.3 Å². The lowest BCUT2D eigenvalue weighted by Gasteiger charge is -2.31. The van der Waals surface area contributed by atoms with Crippen LogP contribution in [0.3, 0.4) is 0 Å². The second-order valence-electron chi connectivity index (χ2n) is 4.57. The average Bonchev–Trinajstić information content (AvgIpc) is 2.11. The maximum absolute atomic E-state index is 5.34. The third-order valence-electron chi connectivity index (χ3n) is 2.82. The van der Waals surface area contributed by atoms with Crippen LogP contribution in [0.5, 0.6) is 0 Å². The summed E-state index contributed by atoms with van der Waals surface area (Å²) in [4.78, 5) is 5.34. The Morgan fingerprint density at radius 2 is 1.71 bits per heavy atom. The third kappa shape index (κ3) is 4.40. The fourth-order valence-electron chi connectivity index (χ4n) is 2.34. The smallest absolute Gasteiger partial charge is 0.0915 e. The fourth-order valence-corrected chi connectivity index (χ4v) is 2.34. The van der Waals surface area contributed by atoms with E-state index < -0.39 is 0 Å². The first-order valence-electron chi connectivity index (χ1n) is 5.58. The molecule has 3 nitrogen and oxygen atoms in total. The predicted octanol–water partition coefficient (Wildman–Crippen LogP) is 1.98. The monoisotopic (exact) mass is 201 g/mol. The molecule has 2 atom stereocenters. The Hall–Kier alpha value is -0.120. The summed E-state index contributed by atoms with van der Waals surface area (Å²) in [6.07, 6.45) is 3.82. The highest BCUT2D eigenvalue weighted by Gasteiger charge is 2.23. The van der Waals surface area contributed by atoms with Gasteiger partial charge in [-0.2, -0.15) is 5.48 Å². The van der Waals surface area contributed by atoms with Gasteiger partial charge < -0.3 is 4.74 Å². The number of hydroxylamine groups is 1. The number of ether oxygens (including phenoxy) is 1. The largest absolute Gasteiger partial charge is 0.382 e. The second-order valence-corrected chi connectivity index (χ2v) is 4.57. The van der Waals surface area contributed by atoms with Crippen molar-refractivity contribution in [1.82, 2.24) is 5.48 Å². The van der Waals surface area contributed by atoms with Crippen LogP contribution in [0.25, 0.3) is 0 Å². The van der Waals surface area contributed by atoms with Gasteiger partial charge in [-0.15, -0.1) is 0 Å². The van der Waals surface area contributed by atoms with E-state index in [4.69, 9.17) is 9.57 Å². The van der Waals surface area contributed by atoms with E-state index in [0.29, 0.717) is 19.3 Å². The van der Waals surface area contributed by atoms with Crippen molar-refractivity contribution in [2.45, 2.75) is 39.2 Å². The zero-order chi connectivity index (χ0) is 10.4. The summed E-state index contributed by atoms with van der Waals surface area (Å²) in [5.41, 5.74) is 3.14. The molecule has 1 N–H and O–H groups in total. The van der Waals surface area contributed by atoms with Gasteiger partial charge in [0.15, 0.2) is 0 Å². The third-order valence-corrected chi connectivity index (χ3v) is 2.82. The molecule has 0 amide bonds. The number of methoxy groups -OCH3 is 1. The van der Waals surface area contributed by atoms with Crippen molar-refractivity contribution in [2.24, 2.45) is 11.8 Å². The molecule has 0 aromatic carbocycles. The van der Waals surface area contributed by atoms with Gasteiger partial charge in [0.05, 0.1) is 13.2 Å². The predicted molar refractivity (Wildman–Crippen MR) is 56.9 cm³/mol. The van der Waals surface area contributed by atoms with E-state index in [9.17, 15) is 0 Å². The molecule has 1 fully saturated rings.